The number of benzene rings is 2. The molecule has 3 atom stereocenters. The predicted molar refractivity (Wildman–Crippen MR) is 110 cm³/mol. The minimum absolute atomic E-state index is 0. The van der Waals surface area contributed by atoms with E-state index >= 15 is 0 Å². The molecule has 2 amide bonds. The van der Waals surface area contributed by atoms with Crippen LogP contribution in [0.5, 0.6) is 0 Å². The molecule has 4 N–H and O–H groups in total. The highest BCUT2D eigenvalue weighted by Crippen LogP contribution is 2.25. The van der Waals surface area contributed by atoms with Gasteiger partial charge in [-0.25, -0.2) is 0 Å². The second-order valence-electron chi connectivity index (χ2n) is 6.95. The van der Waals surface area contributed by atoms with Crippen LogP contribution in [0.2, 0.25) is 0 Å². The Morgan fingerprint density at radius 1 is 1.07 bits per heavy atom. The summed E-state index contributed by atoms with van der Waals surface area (Å²) in [6.45, 7) is 1.95. The summed E-state index contributed by atoms with van der Waals surface area (Å²) in [5, 5.41) is 5.96. The minimum atomic E-state index is -0.153. The van der Waals surface area contributed by atoms with Gasteiger partial charge in [0.2, 0.25) is 5.91 Å². The lowest BCUT2D eigenvalue weighted by Gasteiger charge is -2.18. The molecule has 6 heteroatoms. The molecule has 0 saturated heterocycles. The van der Waals surface area contributed by atoms with Crippen LogP contribution in [0.15, 0.2) is 54.6 Å². The first kappa shape index (κ1) is 20.9. The van der Waals surface area contributed by atoms with E-state index in [0.29, 0.717) is 11.3 Å². The van der Waals surface area contributed by atoms with Crippen LogP contribution < -0.4 is 16.4 Å². The number of hydrogen-bond acceptors (Lipinski definition) is 3. The van der Waals surface area contributed by atoms with Crippen molar-refractivity contribution in [1.29, 1.82) is 0 Å². The molecule has 0 aromatic heterocycles. The molecule has 1 saturated carbocycles. The van der Waals surface area contributed by atoms with Crippen molar-refractivity contribution in [2.75, 3.05) is 5.32 Å². The van der Waals surface area contributed by atoms with Crippen LogP contribution in [0.3, 0.4) is 0 Å². The molecule has 0 radical (unpaired) electrons. The molecular weight excluding hydrogens is 362 g/mol. The first-order chi connectivity index (χ1) is 12.5. The Labute approximate surface area is 166 Å². The number of nitrogens with one attached hydrogen (secondary N) is 2. The van der Waals surface area contributed by atoms with E-state index in [-0.39, 0.29) is 42.2 Å². The molecule has 0 heterocycles. The van der Waals surface area contributed by atoms with Gasteiger partial charge in [-0.05, 0) is 56.0 Å². The summed E-state index contributed by atoms with van der Waals surface area (Å²) in [6.07, 6.45) is 2.52. The average molecular weight is 388 g/mol. The molecular formula is C21H26ClN3O2. The SMILES string of the molecule is CC(NC(=O)C1CCC(N)C1)c1cccc(NC(=O)c2ccccc2)c1.Cl. The Bertz CT molecular complexity index is 782. The first-order valence-corrected chi connectivity index (χ1v) is 9.05. The Balaban J connectivity index is 0.00000261. The number of amides is 2. The normalized spacial score (nSPS) is 19.6. The van der Waals surface area contributed by atoms with Crippen molar-refractivity contribution in [3.8, 4) is 0 Å². The lowest BCUT2D eigenvalue weighted by atomic mass is 10.0. The third-order valence-corrected chi connectivity index (χ3v) is 4.88. The molecule has 0 aliphatic heterocycles. The summed E-state index contributed by atoms with van der Waals surface area (Å²) in [5.41, 5.74) is 8.17. The van der Waals surface area contributed by atoms with Crippen molar-refractivity contribution in [3.05, 3.63) is 65.7 Å². The largest absolute Gasteiger partial charge is 0.349 e. The molecule has 2 aromatic rings. The fourth-order valence-electron chi connectivity index (χ4n) is 3.35. The van der Waals surface area contributed by atoms with Crippen molar-refractivity contribution < 1.29 is 9.59 Å². The van der Waals surface area contributed by atoms with E-state index in [2.05, 4.69) is 10.6 Å². The standard InChI is InChI=1S/C21H25N3O2.ClH/c1-14(23-21(26)17-10-11-18(22)12-17)16-8-5-9-19(13-16)24-20(25)15-6-3-2-4-7-15;/h2-9,13-14,17-18H,10-12,22H2,1H3,(H,23,26)(H,24,25);1H. The number of carbonyl (C=O) groups is 2. The lowest BCUT2D eigenvalue weighted by molar-refractivity contribution is -0.125. The van der Waals surface area contributed by atoms with Crippen LogP contribution >= 0.6 is 12.4 Å². The maximum Gasteiger partial charge on any atom is 0.255 e. The van der Waals surface area contributed by atoms with Gasteiger partial charge in [0.15, 0.2) is 0 Å². The molecule has 3 unspecified atom stereocenters. The fourth-order valence-corrected chi connectivity index (χ4v) is 3.35. The van der Waals surface area contributed by atoms with E-state index in [1.807, 2.05) is 49.4 Å². The summed E-state index contributed by atoms with van der Waals surface area (Å²) in [4.78, 5) is 24.7. The molecule has 2 aromatic carbocycles. The van der Waals surface area contributed by atoms with Crippen LogP contribution in [0.25, 0.3) is 0 Å². The predicted octanol–water partition coefficient (Wildman–Crippen LogP) is 3.67. The molecule has 0 spiro atoms. The summed E-state index contributed by atoms with van der Waals surface area (Å²) in [6, 6.07) is 16.6. The fraction of sp³-hybridized carbons (Fsp3) is 0.333. The summed E-state index contributed by atoms with van der Waals surface area (Å²) in [7, 11) is 0. The van der Waals surface area contributed by atoms with Crippen molar-refractivity contribution in [3.63, 3.8) is 0 Å². The van der Waals surface area contributed by atoms with Crippen LogP contribution in [-0.4, -0.2) is 17.9 Å². The van der Waals surface area contributed by atoms with Crippen LogP contribution in [0, 0.1) is 5.92 Å². The maximum atomic E-state index is 12.4. The van der Waals surface area contributed by atoms with Gasteiger partial charge in [-0.1, -0.05) is 30.3 Å². The van der Waals surface area contributed by atoms with Crippen LogP contribution in [-0.2, 0) is 4.79 Å². The Kier molecular flexibility index (Phi) is 7.39. The van der Waals surface area contributed by atoms with Crippen LogP contribution in [0.1, 0.15) is 48.1 Å². The molecule has 144 valence electrons. The van der Waals surface area contributed by atoms with E-state index in [0.717, 1.165) is 24.8 Å². The Morgan fingerprint density at radius 2 is 1.81 bits per heavy atom. The molecule has 1 aliphatic rings. The van der Waals surface area contributed by atoms with Crippen molar-refractivity contribution in [2.45, 2.75) is 38.3 Å². The third-order valence-electron chi connectivity index (χ3n) is 4.88. The molecule has 5 nitrogen and oxygen atoms in total. The smallest absolute Gasteiger partial charge is 0.255 e. The van der Waals surface area contributed by atoms with Crippen LogP contribution in [0.4, 0.5) is 5.69 Å². The van der Waals surface area contributed by atoms with Gasteiger partial charge in [-0.2, -0.15) is 0 Å². The number of carbonyl (C=O) groups excluding carboxylic acids is 2. The Hall–Kier alpha value is -2.37. The molecule has 3 rings (SSSR count). The third kappa shape index (κ3) is 5.55. The highest BCUT2D eigenvalue weighted by atomic mass is 35.5. The van der Waals surface area contributed by atoms with Crippen molar-refractivity contribution >= 4 is 29.9 Å². The van der Waals surface area contributed by atoms with Gasteiger partial charge in [0.25, 0.3) is 5.91 Å². The number of anilines is 1. The van der Waals surface area contributed by atoms with Gasteiger partial charge in [-0.3, -0.25) is 9.59 Å². The molecule has 27 heavy (non-hydrogen) atoms. The topological polar surface area (TPSA) is 84.2 Å². The molecule has 1 fully saturated rings. The number of halogens is 1. The van der Waals surface area contributed by atoms with E-state index in [9.17, 15) is 9.59 Å². The second-order valence-corrected chi connectivity index (χ2v) is 6.95. The summed E-state index contributed by atoms with van der Waals surface area (Å²) < 4.78 is 0. The lowest BCUT2D eigenvalue weighted by Crippen LogP contribution is -2.32. The molecule has 1 aliphatic carbocycles. The minimum Gasteiger partial charge on any atom is -0.349 e. The highest BCUT2D eigenvalue weighted by molar-refractivity contribution is 6.04. The highest BCUT2D eigenvalue weighted by Gasteiger charge is 2.28. The first-order valence-electron chi connectivity index (χ1n) is 9.05. The average Bonchev–Trinajstić information content (AvgIpc) is 3.09. The summed E-state index contributed by atoms with van der Waals surface area (Å²) >= 11 is 0. The van der Waals surface area contributed by atoms with Gasteiger partial charge < -0.3 is 16.4 Å². The van der Waals surface area contributed by atoms with Gasteiger partial charge >= 0.3 is 0 Å². The number of hydrogen-bond donors (Lipinski definition) is 3. The van der Waals surface area contributed by atoms with E-state index < -0.39 is 0 Å². The zero-order valence-electron chi connectivity index (χ0n) is 15.4. The Morgan fingerprint density at radius 3 is 2.48 bits per heavy atom. The quantitative estimate of drug-likeness (QED) is 0.731. The number of nitrogens with two attached hydrogens (primary N) is 1. The van der Waals surface area contributed by atoms with Gasteiger partial charge in [0, 0.05) is 23.2 Å². The molecule has 0 bridgehead atoms. The maximum absolute atomic E-state index is 12.4. The van der Waals surface area contributed by atoms with E-state index in [1.54, 1.807) is 12.1 Å². The number of rotatable bonds is 5. The van der Waals surface area contributed by atoms with Gasteiger partial charge in [-0.15, -0.1) is 12.4 Å². The van der Waals surface area contributed by atoms with Crippen molar-refractivity contribution in [2.24, 2.45) is 11.7 Å². The summed E-state index contributed by atoms with van der Waals surface area (Å²) in [5.74, 6) is -0.0861. The van der Waals surface area contributed by atoms with Crippen molar-refractivity contribution in [1.82, 2.24) is 5.32 Å². The van der Waals surface area contributed by atoms with Gasteiger partial charge in [0.1, 0.15) is 0 Å². The van der Waals surface area contributed by atoms with E-state index in [4.69, 9.17) is 5.73 Å². The zero-order valence-corrected chi connectivity index (χ0v) is 16.2. The monoisotopic (exact) mass is 387 g/mol. The zero-order chi connectivity index (χ0) is 18.5. The van der Waals surface area contributed by atoms with Gasteiger partial charge in [0.05, 0.1) is 6.04 Å². The van der Waals surface area contributed by atoms with E-state index in [1.165, 1.54) is 0 Å². The second kappa shape index (κ2) is 9.53.